The molecule has 0 fully saturated rings. The lowest BCUT2D eigenvalue weighted by Gasteiger charge is -2.08. The molecule has 0 atom stereocenters. The smallest absolute Gasteiger partial charge is 0.140 e. The van der Waals surface area contributed by atoms with Gasteiger partial charge in [-0.05, 0) is 42.3 Å². The van der Waals surface area contributed by atoms with Crippen LogP contribution in [0, 0.1) is 24.1 Å². The Labute approximate surface area is 120 Å². The van der Waals surface area contributed by atoms with Crippen molar-refractivity contribution in [3.8, 4) is 6.07 Å². The van der Waals surface area contributed by atoms with Gasteiger partial charge in [0, 0.05) is 16.7 Å². The number of rotatable bonds is 3. The van der Waals surface area contributed by atoms with E-state index in [4.69, 9.17) is 5.26 Å². The minimum absolute atomic E-state index is 0.0735. The maximum Gasteiger partial charge on any atom is 0.140 e. The minimum Gasteiger partial charge on any atom is -0.381 e. The fourth-order valence-corrected chi connectivity index (χ4v) is 2.05. The summed E-state index contributed by atoms with van der Waals surface area (Å²) in [7, 11) is 0. The quantitative estimate of drug-likeness (QED) is 0.911. The highest BCUT2D eigenvalue weighted by Crippen LogP contribution is 2.21. The maximum atomic E-state index is 13.2. The summed E-state index contributed by atoms with van der Waals surface area (Å²) in [6.45, 7) is 2.57. The predicted molar refractivity (Wildman–Crippen MR) is 77.3 cm³/mol. The minimum atomic E-state index is -0.482. The molecule has 4 heteroatoms. The van der Waals surface area contributed by atoms with E-state index in [1.54, 1.807) is 12.1 Å². The van der Waals surface area contributed by atoms with E-state index in [0.717, 1.165) is 15.7 Å². The van der Waals surface area contributed by atoms with Crippen LogP contribution in [-0.2, 0) is 6.54 Å². The van der Waals surface area contributed by atoms with Gasteiger partial charge in [0.2, 0.25) is 0 Å². The first-order chi connectivity index (χ1) is 9.10. The molecule has 0 saturated heterocycles. The van der Waals surface area contributed by atoms with Crippen molar-refractivity contribution >= 4 is 21.6 Å². The van der Waals surface area contributed by atoms with Crippen molar-refractivity contribution < 1.29 is 4.39 Å². The maximum absolute atomic E-state index is 13.2. The van der Waals surface area contributed by atoms with Gasteiger partial charge in [0.25, 0.3) is 0 Å². The Balaban J connectivity index is 2.10. The van der Waals surface area contributed by atoms with Gasteiger partial charge < -0.3 is 5.32 Å². The molecular weight excluding hydrogens is 307 g/mol. The highest BCUT2D eigenvalue weighted by Gasteiger charge is 2.03. The van der Waals surface area contributed by atoms with Crippen LogP contribution in [0.3, 0.4) is 0 Å². The summed E-state index contributed by atoms with van der Waals surface area (Å²) in [6, 6.07) is 12.4. The molecule has 96 valence electrons. The Bertz CT molecular complexity index is 647. The molecule has 2 aromatic carbocycles. The van der Waals surface area contributed by atoms with Crippen LogP contribution in [0.5, 0.6) is 0 Å². The van der Waals surface area contributed by atoms with E-state index < -0.39 is 5.82 Å². The number of anilines is 1. The van der Waals surface area contributed by atoms with Gasteiger partial charge in [-0.15, -0.1) is 0 Å². The Morgan fingerprint density at radius 2 is 2.05 bits per heavy atom. The van der Waals surface area contributed by atoms with Crippen LogP contribution < -0.4 is 5.32 Å². The second kappa shape index (κ2) is 5.85. The molecular formula is C15H12BrFN2. The molecule has 1 N–H and O–H groups in total. The summed E-state index contributed by atoms with van der Waals surface area (Å²) in [6.07, 6.45) is 0. The van der Waals surface area contributed by atoms with Gasteiger partial charge >= 0.3 is 0 Å². The molecule has 2 aromatic rings. The molecule has 0 heterocycles. The summed E-state index contributed by atoms with van der Waals surface area (Å²) < 4.78 is 14.2. The second-order valence-electron chi connectivity index (χ2n) is 4.24. The Kier molecular flexibility index (Phi) is 4.18. The number of nitriles is 1. The van der Waals surface area contributed by atoms with Crippen LogP contribution in [-0.4, -0.2) is 0 Å². The number of hydrogen-bond acceptors (Lipinski definition) is 2. The first-order valence-electron chi connectivity index (χ1n) is 5.78. The average Bonchev–Trinajstić information content (AvgIpc) is 2.41. The van der Waals surface area contributed by atoms with Crippen LogP contribution in [0.25, 0.3) is 0 Å². The number of hydrogen-bond donors (Lipinski definition) is 1. The topological polar surface area (TPSA) is 35.8 Å². The molecule has 0 aromatic heterocycles. The summed E-state index contributed by atoms with van der Waals surface area (Å²) in [4.78, 5) is 0. The van der Waals surface area contributed by atoms with Crippen molar-refractivity contribution in [2.75, 3.05) is 5.32 Å². The SMILES string of the molecule is Cc1ccc(NCc2ccc(F)c(C#N)c2)cc1Br. The largest absolute Gasteiger partial charge is 0.381 e. The number of halogens is 2. The van der Waals surface area contributed by atoms with E-state index in [1.807, 2.05) is 31.2 Å². The molecule has 19 heavy (non-hydrogen) atoms. The highest BCUT2D eigenvalue weighted by atomic mass is 79.9. The lowest BCUT2D eigenvalue weighted by Crippen LogP contribution is -2.00. The molecule has 0 aliphatic carbocycles. The van der Waals surface area contributed by atoms with E-state index in [1.165, 1.54) is 11.6 Å². The normalized spacial score (nSPS) is 10.0. The van der Waals surface area contributed by atoms with Crippen LogP contribution in [0.1, 0.15) is 16.7 Å². The van der Waals surface area contributed by atoms with Crippen LogP contribution in [0.2, 0.25) is 0 Å². The van der Waals surface area contributed by atoms with Crippen molar-refractivity contribution in [3.05, 3.63) is 63.4 Å². The van der Waals surface area contributed by atoms with Crippen molar-refractivity contribution in [1.29, 1.82) is 5.26 Å². The number of benzene rings is 2. The summed E-state index contributed by atoms with van der Waals surface area (Å²) in [5.74, 6) is -0.482. The van der Waals surface area contributed by atoms with E-state index in [0.29, 0.717) is 6.54 Å². The average molecular weight is 319 g/mol. The highest BCUT2D eigenvalue weighted by molar-refractivity contribution is 9.10. The molecule has 0 aliphatic heterocycles. The number of aryl methyl sites for hydroxylation is 1. The lowest BCUT2D eigenvalue weighted by atomic mass is 10.1. The lowest BCUT2D eigenvalue weighted by molar-refractivity contribution is 0.623. The van der Waals surface area contributed by atoms with Crippen molar-refractivity contribution in [2.45, 2.75) is 13.5 Å². The molecule has 0 radical (unpaired) electrons. The van der Waals surface area contributed by atoms with Crippen molar-refractivity contribution in [1.82, 2.24) is 0 Å². The zero-order valence-electron chi connectivity index (χ0n) is 10.4. The molecule has 2 nitrogen and oxygen atoms in total. The molecule has 0 saturated carbocycles. The summed E-state index contributed by atoms with van der Waals surface area (Å²) in [5.41, 5.74) is 3.08. The molecule has 0 unspecified atom stereocenters. The third-order valence-electron chi connectivity index (χ3n) is 2.82. The van der Waals surface area contributed by atoms with Crippen LogP contribution in [0.4, 0.5) is 10.1 Å². The van der Waals surface area contributed by atoms with Gasteiger partial charge in [-0.2, -0.15) is 5.26 Å². The number of nitrogens with one attached hydrogen (secondary N) is 1. The fraction of sp³-hybridized carbons (Fsp3) is 0.133. The van der Waals surface area contributed by atoms with Gasteiger partial charge in [0.05, 0.1) is 5.56 Å². The third kappa shape index (κ3) is 3.33. The fourth-order valence-electron chi connectivity index (χ4n) is 1.68. The first kappa shape index (κ1) is 13.6. The Hall–Kier alpha value is -1.86. The van der Waals surface area contributed by atoms with Gasteiger partial charge in [0.1, 0.15) is 11.9 Å². The Morgan fingerprint density at radius 1 is 1.26 bits per heavy atom. The second-order valence-corrected chi connectivity index (χ2v) is 5.10. The van der Waals surface area contributed by atoms with Gasteiger partial charge in [0.15, 0.2) is 0 Å². The van der Waals surface area contributed by atoms with Crippen molar-refractivity contribution in [3.63, 3.8) is 0 Å². The summed E-state index contributed by atoms with van der Waals surface area (Å²) in [5, 5.41) is 12.0. The zero-order valence-corrected chi connectivity index (χ0v) is 12.0. The van der Waals surface area contributed by atoms with Crippen molar-refractivity contribution in [2.24, 2.45) is 0 Å². The Morgan fingerprint density at radius 3 is 2.74 bits per heavy atom. The molecule has 0 amide bonds. The number of nitrogens with zero attached hydrogens (tertiary/aromatic N) is 1. The third-order valence-corrected chi connectivity index (χ3v) is 3.67. The molecule has 0 bridgehead atoms. The predicted octanol–water partition coefficient (Wildman–Crippen LogP) is 4.38. The van der Waals surface area contributed by atoms with E-state index in [-0.39, 0.29) is 5.56 Å². The monoisotopic (exact) mass is 318 g/mol. The standard InChI is InChI=1S/C15H12BrFN2/c1-10-2-4-13(7-14(10)16)19-9-11-3-5-15(17)12(6-11)8-18/h2-7,19H,9H2,1H3. The molecule has 2 rings (SSSR count). The van der Waals surface area contributed by atoms with Gasteiger partial charge in [-0.3, -0.25) is 0 Å². The van der Waals surface area contributed by atoms with E-state index in [9.17, 15) is 4.39 Å². The zero-order chi connectivity index (χ0) is 13.8. The first-order valence-corrected chi connectivity index (χ1v) is 6.58. The van der Waals surface area contributed by atoms with Gasteiger partial charge in [-0.1, -0.05) is 28.1 Å². The van der Waals surface area contributed by atoms with Crippen LogP contribution >= 0.6 is 15.9 Å². The summed E-state index contributed by atoms with van der Waals surface area (Å²) >= 11 is 3.47. The van der Waals surface area contributed by atoms with E-state index in [2.05, 4.69) is 21.2 Å². The molecule has 0 aliphatic rings. The molecule has 0 spiro atoms. The van der Waals surface area contributed by atoms with E-state index >= 15 is 0 Å². The van der Waals surface area contributed by atoms with Crippen LogP contribution in [0.15, 0.2) is 40.9 Å². The van der Waals surface area contributed by atoms with Gasteiger partial charge in [-0.25, -0.2) is 4.39 Å².